The van der Waals surface area contributed by atoms with Crippen molar-refractivity contribution in [1.82, 2.24) is 14.7 Å². The molecule has 2 aliphatic rings. The summed E-state index contributed by atoms with van der Waals surface area (Å²) in [5.41, 5.74) is 9.64. The van der Waals surface area contributed by atoms with Gasteiger partial charge in [-0.1, -0.05) is 30.5 Å². The summed E-state index contributed by atoms with van der Waals surface area (Å²) in [5, 5.41) is 4.81. The lowest BCUT2D eigenvalue weighted by Gasteiger charge is -2.26. The second kappa shape index (κ2) is 5.90. The summed E-state index contributed by atoms with van der Waals surface area (Å²) in [5.74, 6) is 0.850. The first-order valence-corrected chi connectivity index (χ1v) is 8.78. The molecule has 0 bridgehead atoms. The Morgan fingerprint density at radius 1 is 1.42 bits per heavy atom. The summed E-state index contributed by atoms with van der Waals surface area (Å²) in [6.45, 7) is 1.16. The Kier molecular flexibility index (Phi) is 3.85. The van der Waals surface area contributed by atoms with Gasteiger partial charge >= 0.3 is 0 Å². The molecule has 1 amide bonds. The number of nitrogens with two attached hydrogens (primary N) is 1. The van der Waals surface area contributed by atoms with E-state index in [1.807, 2.05) is 24.1 Å². The molecule has 126 valence electrons. The quantitative estimate of drug-likeness (QED) is 0.907. The maximum atomic E-state index is 12.8. The van der Waals surface area contributed by atoms with Crippen molar-refractivity contribution in [3.05, 3.63) is 40.5 Å². The van der Waals surface area contributed by atoms with Crippen LogP contribution in [0.4, 0.5) is 0 Å². The van der Waals surface area contributed by atoms with Crippen LogP contribution in [0.1, 0.15) is 35.2 Å². The first-order chi connectivity index (χ1) is 11.6. The van der Waals surface area contributed by atoms with E-state index in [1.165, 1.54) is 12.8 Å². The molecule has 1 aliphatic heterocycles. The number of nitrogens with zero attached hydrogens (tertiary/aromatic N) is 3. The topological polar surface area (TPSA) is 64.2 Å². The standard InChI is InChI=1S/C18H21ClN4O/c1-22-17(16(19)9-21-22)12-4-5-15-13(7-12)10-23(18(15)24)14(8-20)6-11-2-3-11/h4-5,7,9,11,14H,2-3,6,8,10,20H2,1H3. The number of carbonyl (C=O) groups excluding carboxylic acids is 1. The molecule has 5 nitrogen and oxygen atoms in total. The molecular weight excluding hydrogens is 324 g/mol. The average Bonchev–Trinajstić information content (AvgIpc) is 3.26. The van der Waals surface area contributed by atoms with Crippen molar-refractivity contribution in [3.8, 4) is 11.3 Å². The third-order valence-corrected chi connectivity index (χ3v) is 5.40. The maximum Gasteiger partial charge on any atom is 0.254 e. The van der Waals surface area contributed by atoms with Gasteiger partial charge in [0, 0.05) is 37.3 Å². The van der Waals surface area contributed by atoms with Crippen molar-refractivity contribution in [2.75, 3.05) is 6.54 Å². The predicted molar refractivity (Wildman–Crippen MR) is 93.7 cm³/mol. The van der Waals surface area contributed by atoms with Gasteiger partial charge in [0.05, 0.1) is 16.9 Å². The minimum atomic E-state index is 0.101. The molecule has 1 fully saturated rings. The zero-order valence-electron chi connectivity index (χ0n) is 13.7. The Morgan fingerprint density at radius 2 is 2.21 bits per heavy atom. The van der Waals surface area contributed by atoms with Gasteiger partial charge in [0.2, 0.25) is 0 Å². The molecule has 2 N–H and O–H groups in total. The molecule has 0 radical (unpaired) electrons. The molecule has 0 saturated heterocycles. The van der Waals surface area contributed by atoms with Crippen molar-refractivity contribution >= 4 is 17.5 Å². The van der Waals surface area contributed by atoms with Gasteiger partial charge in [-0.3, -0.25) is 9.48 Å². The van der Waals surface area contributed by atoms with E-state index in [9.17, 15) is 4.79 Å². The molecule has 1 saturated carbocycles. The largest absolute Gasteiger partial charge is 0.330 e. The number of aromatic nitrogens is 2. The fraction of sp³-hybridized carbons (Fsp3) is 0.444. The maximum absolute atomic E-state index is 12.8. The van der Waals surface area contributed by atoms with Crippen LogP contribution >= 0.6 is 11.6 Å². The number of halogens is 1. The van der Waals surface area contributed by atoms with Crippen LogP contribution in [0, 0.1) is 5.92 Å². The Balaban J connectivity index is 1.63. The summed E-state index contributed by atoms with van der Waals surface area (Å²) in [6, 6.07) is 6.05. The summed E-state index contributed by atoms with van der Waals surface area (Å²) in [4.78, 5) is 14.7. The lowest BCUT2D eigenvalue weighted by atomic mass is 10.0. The van der Waals surface area contributed by atoms with E-state index >= 15 is 0 Å². The van der Waals surface area contributed by atoms with Gasteiger partial charge in [-0.25, -0.2) is 0 Å². The summed E-state index contributed by atoms with van der Waals surface area (Å²) in [7, 11) is 1.87. The van der Waals surface area contributed by atoms with Crippen LogP contribution < -0.4 is 5.73 Å². The van der Waals surface area contributed by atoms with Crippen LogP contribution in [0.25, 0.3) is 11.3 Å². The first-order valence-electron chi connectivity index (χ1n) is 8.40. The molecule has 6 heteroatoms. The first kappa shape index (κ1) is 15.7. The monoisotopic (exact) mass is 344 g/mol. The van der Waals surface area contributed by atoms with Crippen LogP contribution in [-0.4, -0.2) is 33.2 Å². The average molecular weight is 345 g/mol. The van der Waals surface area contributed by atoms with Crippen molar-refractivity contribution < 1.29 is 4.79 Å². The lowest BCUT2D eigenvalue weighted by molar-refractivity contribution is 0.0695. The van der Waals surface area contributed by atoms with E-state index in [-0.39, 0.29) is 11.9 Å². The van der Waals surface area contributed by atoms with E-state index in [0.717, 1.165) is 34.7 Å². The molecule has 0 spiro atoms. The molecule has 2 aromatic rings. The Labute approximate surface area is 146 Å². The third-order valence-electron chi connectivity index (χ3n) is 5.12. The molecule has 1 atom stereocenters. The van der Waals surface area contributed by atoms with E-state index < -0.39 is 0 Å². The van der Waals surface area contributed by atoms with Gasteiger partial charge in [0.25, 0.3) is 5.91 Å². The second-order valence-corrected chi connectivity index (χ2v) is 7.25. The Hall–Kier alpha value is -1.85. The van der Waals surface area contributed by atoms with Crippen LogP contribution in [-0.2, 0) is 13.6 Å². The zero-order chi connectivity index (χ0) is 16.8. The van der Waals surface area contributed by atoms with Gasteiger partial charge in [-0.2, -0.15) is 5.10 Å². The Bertz CT molecular complexity index is 777. The van der Waals surface area contributed by atoms with Crippen LogP contribution in [0.2, 0.25) is 5.02 Å². The number of benzene rings is 1. The number of carbonyl (C=O) groups is 1. The summed E-state index contributed by atoms with van der Waals surface area (Å²) in [6.07, 6.45) is 5.21. The zero-order valence-corrected chi connectivity index (χ0v) is 14.5. The minimum absolute atomic E-state index is 0.101. The van der Waals surface area contributed by atoms with Crippen molar-refractivity contribution in [3.63, 3.8) is 0 Å². The van der Waals surface area contributed by atoms with Crippen LogP contribution in [0.3, 0.4) is 0 Å². The number of fused-ring (bicyclic) bond motifs is 1. The van der Waals surface area contributed by atoms with E-state index in [1.54, 1.807) is 10.9 Å². The van der Waals surface area contributed by atoms with Crippen molar-refractivity contribution in [1.29, 1.82) is 0 Å². The summed E-state index contributed by atoms with van der Waals surface area (Å²) < 4.78 is 1.76. The van der Waals surface area contributed by atoms with Gasteiger partial charge < -0.3 is 10.6 Å². The van der Waals surface area contributed by atoms with Crippen molar-refractivity contribution in [2.45, 2.75) is 31.8 Å². The SMILES string of the molecule is Cn1ncc(Cl)c1-c1ccc2c(c1)CN(C(CN)CC1CC1)C2=O. The van der Waals surface area contributed by atoms with E-state index in [0.29, 0.717) is 18.1 Å². The predicted octanol–water partition coefficient (Wildman–Crippen LogP) is 2.82. The molecule has 1 aromatic carbocycles. The highest BCUT2D eigenvalue weighted by molar-refractivity contribution is 6.33. The number of aryl methyl sites for hydroxylation is 1. The molecule has 1 aliphatic carbocycles. The normalized spacial score (nSPS) is 18.1. The highest BCUT2D eigenvalue weighted by Gasteiger charge is 2.35. The van der Waals surface area contributed by atoms with Gasteiger partial charge in [-0.05, 0) is 30.0 Å². The van der Waals surface area contributed by atoms with Crippen molar-refractivity contribution in [2.24, 2.45) is 18.7 Å². The number of amides is 1. The third kappa shape index (κ3) is 2.62. The van der Waals surface area contributed by atoms with Crippen LogP contribution in [0.5, 0.6) is 0 Å². The second-order valence-electron chi connectivity index (χ2n) is 6.84. The molecule has 24 heavy (non-hydrogen) atoms. The van der Waals surface area contributed by atoms with Gasteiger partial charge in [0.15, 0.2) is 0 Å². The fourth-order valence-electron chi connectivity index (χ4n) is 3.61. The molecule has 4 rings (SSSR count). The summed E-state index contributed by atoms with van der Waals surface area (Å²) >= 11 is 6.25. The smallest absolute Gasteiger partial charge is 0.254 e. The van der Waals surface area contributed by atoms with E-state index in [4.69, 9.17) is 17.3 Å². The highest BCUT2D eigenvalue weighted by Crippen LogP contribution is 2.37. The molecule has 1 unspecified atom stereocenters. The fourth-order valence-corrected chi connectivity index (χ4v) is 3.88. The molecule has 1 aromatic heterocycles. The van der Waals surface area contributed by atoms with Gasteiger partial charge in [-0.15, -0.1) is 0 Å². The molecule has 2 heterocycles. The number of rotatable bonds is 5. The minimum Gasteiger partial charge on any atom is -0.330 e. The van der Waals surface area contributed by atoms with Gasteiger partial charge in [0.1, 0.15) is 0 Å². The van der Waals surface area contributed by atoms with Crippen LogP contribution in [0.15, 0.2) is 24.4 Å². The lowest BCUT2D eigenvalue weighted by Crippen LogP contribution is -2.41. The number of hydrogen-bond donors (Lipinski definition) is 1. The highest BCUT2D eigenvalue weighted by atomic mass is 35.5. The molecular formula is C18H21ClN4O. The Morgan fingerprint density at radius 3 is 2.83 bits per heavy atom. The number of hydrogen-bond acceptors (Lipinski definition) is 3. The van der Waals surface area contributed by atoms with E-state index in [2.05, 4.69) is 11.2 Å².